The number of thiazole rings is 1. The topological polar surface area (TPSA) is 115 Å². The van der Waals surface area contributed by atoms with Crippen LogP contribution in [0.4, 0.5) is 14.5 Å². The molecule has 0 bridgehead atoms. The van der Waals surface area contributed by atoms with Gasteiger partial charge in [-0.25, -0.2) is 18.6 Å². The molecular formula is C30H34F2N2O6S2. The third-order valence-electron chi connectivity index (χ3n) is 7.19. The Kier molecular flexibility index (Phi) is 8.98. The number of methoxy groups -OCH3 is 1. The lowest BCUT2D eigenvalue weighted by Crippen LogP contribution is -2.22. The van der Waals surface area contributed by atoms with Crippen LogP contribution in [0.3, 0.4) is 0 Å². The fourth-order valence-corrected chi connectivity index (χ4v) is 7.03. The Bertz CT molecular complexity index is 1640. The summed E-state index contributed by atoms with van der Waals surface area (Å²) < 4.78 is 69.7. The Hall–Kier alpha value is -3.51. The summed E-state index contributed by atoms with van der Waals surface area (Å²) in [5.74, 6) is -2.90. The molecule has 1 aliphatic carbocycles. The number of benzene rings is 2. The highest BCUT2D eigenvalue weighted by atomic mass is 32.2. The van der Waals surface area contributed by atoms with Gasteiger partial charge in [0.15, 0.2) is 16.6 Å². The summed E-state index contributed by atoms with van der Waals surface area (Å²) in [5.41, 5.74) is 0.946. The molecule has 2 aromatic carbocycles. The number of carbonyl (C=O) groups is 1. The number of ether oxygens (including phenoxy) is 2. The number of carboxylic acids is 1. The first-order valence-corrected chi connectivity index (χ1v) is 15.8. The SMILES string of the molecule is COc1cc(C(=O)O)c(F)cc1NS(=O)(=O)c1csc(-c2ccc(C3=CCC(C(C)(C)C)CC3)c(OC(C)C)c2F)n1. The summed E-state index contributed by atoms with van der Waals surface area (Å²) in [6.45, 7) is 10.3. The third-order valence-corrected chi connectivity index (χ3v) is 9.46. The maximum Gasteiger partial charge on any atom is 0.338 e. The number of aromatic carboxylic acids is 1. The van der Waals surface area contributed by atoms with Crippen molar-refractivity contribution in [3.63, 3.8) is 0 Å². The number of halogens is 2. The van der Waals surface area contributed by atoms with E-state index in [0.717, 1.165) is 42.2 Å². The molecule has 2 N–H and O–H groups in total. The lowest BCUT2D eigenvalue weighted by atomic mass is 9.72. The van der Waals surface area contributed by atoms with E-state index in [4.69, 9.17) is 14.6 Å². The molecule has 1 heterocycles. The molecule has 1 atom stereocenters. The molecule has 0 spiro atoms. The number of rotatable bonds is 9. The average Bonchev–Trinajstić information content (AvgIpc) is 3.40. The summed E-state index contributed by atoms with van der Waals surface area (Å²) in [6, 6.07) is 4.94. The van der Waals surface area contributed by atoms with E-state index in [1.165, 1.54) is 12.5 Å². The normalized spacial score (nSPS) is 15.8. The zero-order valence-electron chi connectivity index (χ0n) is 24.2. The van der Waals surface area contributed by atoms with E-state index in [-0.39, 0.29) is 39.3 Å². The molecular weight excluding hydrogens is 586 g/mol. The average molecular weight is 621 g/mol. The molecule has 1 unspecified atom stereocenters. The summed E-state index contributed by atoms with van der Waals surface area (Å²) in [4.78, 5) is 15.4. The maximum absolute atomic E-state index is 16.0. The lowest BCUT2D eigenvalue weighted by molar-refractivity contribution is 0.0691. The van der Waals surface area contributed by atoms with Crippen molar-refractivity contribution < 1.29 is 36.6 Å². The van der Waals surface area contributed by atoms with Crippen LogP contribution < -0.4 is 14.2 Å². The number of sulfonamides is 1. The largest absolute Gasteiger partial charge is 0.495 e. The van der Waals surface area contributed by atoms with Gasteiger partial charge in [0.05, 0.1) is 30.0 Å². The minimum absolute atomic E-state index is 0.0827. The van der Waals surface area contributed by atoms with E-state index in [1.807, 2.05) is 0 Å². The Morgan fingerprint density at radius 3 is 2.45 bits per heavy atom. The molecule has 226 valence electrons. The van der Waals surface area contributed by atoms with Gasteiger partial charge in [0.2, 0.25) is 0 Å². The van der Waals surface area contributed by atoms with Crippen molar-refractivity contribution in [1.82, 2.24) is 4.98 Å². The second-order valence-electron chi connectivity index (χ2n) is 11.5. The summed E-state index contributed by atoms with van der Waals surface area (Å²) in [6.07, 6.45) is 4.50. The van der Waals surface area contributed by atoms with Crippen molar-refractivity contribution in [2.45, 2.75) is 65.0 Å². The first-order valence-electron chi connectivity index (χ1n) is 13.4. The highest BCUT2D eigenvalue weighted by Gasteiger charge is 2.29. The van der Waals surface area contributed by atoms with Gasteiger partial charge < -0.3 is 14.6 Å². The van der Waals surface area contributed by atoms with E-state index in [1.54, 1.807) is 26.0 Å². The van der Waals surface area contributed by atoms with Gasteiger partial charge in [-0.3, -0.25) is 4.72 Å². The number of hydrogen-bond acceptors (Lipinski definition) is 7. The molecule has 0 fully saturated rings. The number of hydrogen-bond donors (Lipinski definition) is 2. The Morgan fingerprint density at radius 2 is 1.88 bits per heavy atom. The third kappa shape index (κ3) is 6.59. The second kappa shape index (κ2) is 12.0. The minimum Gasteiger partial charge on any atom is -0.495 e. The van der Waals surface area contributed by atoms with Crippen LogP contribution in [0.15, 0.2) is 40.7 Å². The van der Waals surface area contributed by atoms with Gasteiger partial charge in [-0.1, -0.05) is 32.9 Å². The standard InChI is InChI=1S/C30H34F2N2O6S2/c1-16(2)40-27-19(17-7-9-18(10-8-17)30(3,4)5)11-12-20(26(27)32)28-33-25(15-41-28)42(37,38)34-23-14-22(31)21(29(35)36)13-24(23)39-6/h7,11-16,18,34H,8-10H2,1-6H3,(H,35,36). The number of carboxylic acid groups (broad SMARTS) is 1. The molecule has 0 saturated carbocycles. The molecule has 0 aliphatic heterocycles. The zero-order chi connectivity index (χ0) is 31.0. The number of allylic oxidation sites excluding steroid dienone is 2. The maximum atomic E-state index is 16.0. The fourth-order valence-electron chi connectivity index (χ4n) is 4.86. The van der Waals surface area contributed by atoms with E-state index in [9.17, 15) is 17.6 Å². The monoisotopic (exact) mass is 620 g/mol. The molecule has 42 heavy (non-hydrogen) atoms. The molecule has 0 radical (unpaired) electrons. The molecule has 3 aromatic rings. The van der Waals surface area contributed by atoms with Crippen LogP contribution in [0.5, 0.6) is 11.5 Å². The van der Waals surface area contributed by atoms with Crippen LogP contribution >= 0.6 is 11.3 Å². The summed E-state index contributed by atoms with van der Waals surface area (Å²) in [7, 11) is -3.19. The van der Waals surface area contributed by atoms with Crippen molar-refractivity contribution in [3.8, 4) is 22.1 Å². The van der Waals surface area contributed by atoms with Gasteiger partial charge in [0, 0.05) is 17.0 Å². The van der Waals surface area contributed by atoms with Gasteiger partial charge in [0.25, 0.3) is 10.0 Å². The minimum atomic E-state index is -4.38. The van der Waals surface area contributed by atoms with E-state index >= 15 is 4.39 Å². The van der Waals surface area contributed by atoms with Gasteiger partial charge in [-0.2, -0.15) is 8.42 Å². The second-order valence-corrected chi connectivity index (χ2v) is 14.0. The van der Waals surface area contributed by atoms with Crippen molar-refractivity contribution in [2.24, 2.45) is 11.3 Å². The van der Waals surface area contributed by atoms with Crippen LogP contribution in [0.1, 0.15) is 69.8 Å². The predicted octanol–water partition coefficient (Wildman–Crippen LogP) is 7.61. The smallest absolute Gasteiger partial charge is 0.338 e. The van der Waals surface area contributed by atoms with Crippen molar-refractivity contribution in [2.75, 3.05) is 11.8 Å². The van der Waals surface area contributed by atoms with E-state index in [0.29, 0.717) is 17.5 Å². The molecule has 1 aromatic heterocycles. The Balaban J connectivity index is 1.67. The molecule has 4 rings (SSSR count). The molecule has 8 nitrogen and oxygen atoms in total. The Morgan fingerprint density at radius 1 is 1.19 bits per heavy atom. The van der Waals surface area contributed by atoms with E-state index in [2.05, 4.69) is 36.6 Å². The number of anilines is 1. The Labute approximate surface area is 248 Å². The molecule has 0 saturated heterocycles. The van der Waals surface area contributed by atoms with Crippen LogP contribution in [0, 0.1) is 23.0 Å². The fraction of sp³-hybridized carbons (Fsp3) is 0.400. The first-order chi connectivity index (χ1) is 19.6. The van der Waals surface area contributed by atoms with Gasteiger partial charge in [0.1, 0.15) is 16.6 Å². The van der Waals surface area contributed by atoms with Crippen LogP contribution in [-0.2, 0) is 10.0 Å². The van der Waals surface area contributed by atoms with Crippen LogP contribution in [0.2, 0.25) is 0 Å². The van der Waals surface area contributed by atoms with Gasteiger partial charge in [-0.15, -0.1) is 11.3 Å². The quantitative estimate of drug-likeness (QED) is 0.253. The first kappa shape index (κ1) is 31.4. The number of nitrogens with one attached hydrogen (secondary N) is 1. The van der Waals surface area contributed by atoms with Crippen LogP contribution in [0.25, 0.3) is 16.1 Å². The van der Waals surface area contributed by atoms with Gasteiger partial charge >= 0.3 is 5.97 Å². The molecule has 12 heteroatoms. The van der Waals surface area contributed by atoms with Crippen molar-refractivity contribution in [3.05, 3.63) is 58.5 Å². The summed E-state index contributed by atoms with van der Waals surface area (Å²) in [5, 5.41) is 10.1. The number of aromatic nitrogens is 1. The highest BCUT2D eigenvalue weighted by Crippen LogP contribution is 2.44. The van der Waals surface area contributed by atoms with Crippen LogP contribution in [-0.4, -0.2) is 37.7 Å². The highest BCUT2D eigenvalue weighted by molar-refractivity contribution is 7.92. The molecule has 0 amide bonds. The molecule has 1 aliphatic rings. The van der Waals surface area contributed by atoms with Crippen molar-refractivity contribution in [1.29, 1.82) is 0 Å². The predicted molar refractivity (Wildman–Crippen MR) is 159 cm³/mol. The van der Waals surface area contributed by atoms with E-state index < -0.39 is 38.2 Å². The lowest BCUT2D eigenvalue weighted by Gasteiger charge is -2.33. The zero-order valence-corrected chi connectivity index (χ0v) is 25.9. The van der Waals surface area contributed by atoms with Gasteiger partial charge in [-0.05, 0) is 62.1 Å². The van der Waals surface area contributed by atoms with Crippen molar-refractivity contribution >= 4 is 38.6 Å². The summed E-state index contributed by atoms with van der Waals surface area (Å²) >= 11 is 0.922. The number of nitrogens with zero attached hydrogens (tertiary/aromatic N) is 1.